The Morgan fingerprint density at radius 1 is 0.902 bits per heavy atom. The average Bonchev–Trinajstić information content (AvgIpc) is 3.65. The first-order valence-corrected chi connectivity index (χ1v) is 16.4. The third-order valence-electron chi connectivity index (χ3n) is 7.41. The Balaban J connectivity index is 1.33. The number of rotatable bonds is 9. The van der Waals surface area contributed by atoms with Crippen LogP contribution in [0.2, 0.25) is 0 Å². The number of nitrogens with zero attached hydrogens (tertiary/aromatic N) is 1. The molecule has 0 radical (unpaired) electrons. The summed E-state index contributed by atoms with van der Waals surface area (Å²) in [5.74, 6) is 0.763. The number of benzene rings is 4. The van der Waals surface area contributed by atoms with Gasteiger partial charge in [0.25, 0.3) is 0 Å². The summed E-state index contributed by atoms with van der Waals surface area (Å²) in [6, 6.07) is 27.9. The van der Waals surface area contributed by atoms with E-state index in [1.54, 1.807) is 24.3 Å². The minimum Gasteiger partial charge on any atom is -0.299 e. The number of carbonyl (C=O) groups excluding carboxylic acids is 2. The molecule has 1 saturated heterocycles. The Labute approximate surface area is 254 Å². The molecule has 41 heavy (non-hydrogen) atoms. The van der Waals surface area contributed by atoms with Crippen molar-refractivity contribution in [2.24, 2.45) is 0 Å². The molecule has 1 aliphatic heterocycles. The summed E-state index contributed by atoms with van der Waals surface area (Å²) < 4.78 is 6.90. The molecule has 5 aromatic rings. The molecular formula is C34H29INO4S-. The fourth-order valence-electron chi connectivity index (χ4n) is 5.20. The number of phenols is 1. The van der Waals surface area contributed by atoms with E-state index in [1.165, 1.54) is 29.7 Å². The minimum absolute atomic E-state index is 0.0138. The van der Waals surface area contributed by atoms with Gasteiger partial charge in [-0.3, -0.25) is 4.90 Å². The molecule has 0 spiro atoms. The number of thiophene rings is 1. The van der Waals surface area contributed by atoms with Gasteiger partial charge in [-0.1, -0.05) is 0 Å². The maximum atomic E-state index is 14.1. The first-order chi connectivity index (χ1) is 20.0. The van der Waals surface area contributed by atoms with Crippen molar-refractivity contribution in [1.29, 1.82) is 0 Å². The number of likely N-dealkylation sites (tertiary alicyclic amines) is 1. The first kappa shape index (κ1) is 27.6. The van der Waals surface area contributed by atoms with Crippen LogP contribution in [0.25, 0.3) is 20.5 Å². The number of fused-ring (bicyclic) bond motifs is 1. The Kier molecular flexibility index (Phi) is 8.18. The van der Waals surface area contributed by atoms with Crippen LogP contribution in [-0.2, 0) is 6.54 Å². The third-order valence-corrected chi connectivity index (χ3v) is 10.4. The molecule has 0 saturated carbocycles. The van der Waals surface area contributed by atoms with Gasteiger partial charge >= 0.3 is 225 Å². The van der Waals surface area contributed by atoms with E-state index in [1.807, 2.05) is 60.7 Å². The summed E-state index contributed by atoms with van der Waals surface area (Å²) in [6.45, 7) is 5.26. The molecule has 1 fully saturated rings. The van der Waals surface area contributed by atoms with Gasteiger partial charge in [-0.2, -0.15) is 0 Å². The van der Waals surface area contributed by atoms with Crippen LogP contribution >= 0.6 is 11.3 Å². The standard InChI is InChI=1S/C34H29INO4S/c1-22-19-25(9-10-26(22)21-36-17-5-6-18-36)32(38)31-29-16-15-28(40-35-34(39)24-7-3-2-4-8-24)20-30(29)41-33(31)23-11-13-27(37)14-12-23/h2-4,7-16,19-20,37H,5-6,17-18,21H2,1H3/q-1. The molecule has 0 aliphatic carbocycles. The van der Waals surface area contributed by atoms with Crippen LogP contribution < -0.4 is 24.7 Å². The molecule has 5 nitrogen and oxygen atoms in total. The predicted molar refractivity (Wildman–Crippen MR) is 159 cm³/mol. The van der Waals surface area contributed by atoms with Crippen molar-refractivity contribution in [3.05, 3.63) is 119 Å². The van der Waals surface area contributed by atoms with E-state index in [9.17, 15) is 14.7 Å². The second-order valence-corrected chi connectivity index (χ2v) is 13.2. The predicted octanol–water partition coefficient (Wildman–Crippen LogP) is 4.63. The number of hydrogen-bond donors (Lipinski definition) is 1. The van der Waals surface area contributed by atoms with Gasteiger partial charge in [0.05, 0.1) is 0 Å². The van der Waals surface area contributed by atoms with Crippen molar-refractivity contribution in [2.75, 3.05) is 13.1 Å². The Hall–Kier alpha value is -3.53. The second kappa shape index (κ2) is 12.1. The number of hydrogen-bond acceptors (Lipinski definition) is 6. The molecule has 1 aromatic heterocycles. The van der Waals surface area contributed by atoms with Crippen LogP contribution in [0.4, 0.5) is 0 Å². The summed E-state index contributed by atoms with van der Waals surface area (Å²) >= 11 is 0.322. The number of carbonyl (C=O) groups is 2. The van der Waals surface area contributed by atoms with Crippen LogP contribution in [0.1, 0.15) is 50.2 Å². The quantitative estimate of drug-likeness (QED) is 0.140. The monoisotopic (exact) mass is 674 g/mol. The number of aryl methyl sites for hydroxylation is 1. The summed E-state index contributed by atoms with van der Waals surface area (Å²) in [7, 11) is 0. The van der Waals surface area contributed by atoms with Gasteiger partial charge in [0.15, 0.2) is 0 Å². The van der Waals surface area contributed by atoms with Crippen LogP contribution in [0.5, 0.6) is 11.5 Å². The summed E-state index contributed by atoms with van der Waals surface area (Å²) in [5, 5.41) is 10.7. The van der Waals surface area contributed by atoms with E-state index in [0.717, 1.165) is 45.7 Å². The van der Waals surface area contributed by atoms with E-state index in [0.29, 0.717) is 22.4 Å². The molecule has 0 atom stereocenters. The fraction of sp³-hybridized carbons (Fsp3) is 0.176. The summed E-state index contributed by atoms with van der Waals surface area (Å²) in [4.78, 5) is 30.0. The molecular weight excluding hydrogens is 645 g/mol. The van der Waals surface area contributed by atoms with Crippen molar-refractivity contribution >= 4 is 31.0 Å². The normalized spacial score (nSPS) is 13.6. The zero-order chi connectivity index (χ0) is 28.3. The summed E-state index contributed by atoms with van der Waals surface area (Å²) in [5.41, 5.74) is 5.20. The fourth-order valence-corrected chi connectivity index (χ4v) is 7.78. The number of ketones is 1. The molecule has 4 aromatic carbocycles. The van der Waals surface area contributed by atoms with E-state index < -0.39 is 21.6 Å². The molecule has 1 N–H and O–H groups in total. The molecule has 0 amide bonds. The molecule has 7 heteroatoms. The van der Waals surface area contributed by atoms with Gasteiger partial charge in [0.1, 0.15) is 0 Å². The topological polar surface area (TPSA) is 66.8 Å². The average molecular weight is 675 g/mol. The van der Waals surface area contributed by atoms with Crippen LogP contribution in [-0.4, -0.2) is 32.7 Å². The Bertz CT molecular complexity index is 1720. The second-order valence-electron chi connectivity index (χ2n) is 10.3. The smallest absolute Gasteiger partial charge is 0.299 e. The van der Waals surface area contributed by atoms with Crippen molar-refractivity contribution < 1.29 is 39.4 Å². The van der Waals surface area contributed by atoms with Crippen LogP contribution in [0, 0.1) is 6.92 Å². The van der Waals surface area contributed by atoms with Crippen LogP contribution in [0.3, 0.4) is 0 Å². The Morgan fingerprint density at radius 3 is 2.39 bits per heavy atom. The maximum absolute atomic E-state index is 14.1. The van der Waals surface area contributed by atoms with Crippen molar-refractivity contribution in [3.63, 3.8) is 0 Å². The summed E-state index contributed by atoms with van der Waals surface area (Å²) in [6.07, 6.45) is 2.50. The van der Waals surface area contributed by atoms with E-state index in [4.69, 9.17) is 3.07 Å². The van der Waals surface area contributed by atoms with Crippen molar-refractivity contribution in [1.82, 2.24) is 4.90 Å². The molecule has 1 aliphatic rings. The van der Waals surface area contributed by atoms with Crippen molar-refractivity contribution in [2.45, 2.75) is 26.3 Å². The zero-order valence-electron chi connectivity index (χ0n) is 22.6. The van der Waals surface area contributed by atoms with E-state index in [-0.39, 0.29) is 15.3 Å². The molecule has 208 valence electrons. The van der Waals surface area contributed by atoms with E-state index >= 15 is 0 Å². The van der Waals surface area contributed by atoms with Gasteiger partial charge in [0, 0.05) is 0 Å². The van der Waals surface area contributed by atoms with Gasteiger partial charge in [-0.05, 0) is 25.9 Å². The minimum atomic E-state index is -1.20. The number of phenolic OH excluding ortho intramolecular Hbond substituents is 1. The molecule has 2 heterocycles. The van der Waals surface area contributed by atoms with Gasteiger partial charge < -0.3 is 0 Å². The first-order valence-electron chi connectivity index (χ1n) is 13.6. The van der Waals surface area contributed by atoms with Crippen LogP contribution in [0.15, 0.2) is 91.0 Å². The third kappa shape index (κ3) is 6.07. The Morgan fingerprint density at radius 2 is 1.66 bits per heavy atom. The number of aromatic hydroxyl groups is 1. The molecule has 0 unspecified atom stereocenters. The van der Waals surface area contributed by atoms with Crippen molar-refractivity contribution in [3.8, 4) is 21.9 Å². The SMILES string of the molecule is Cc1cc(C(=O)c2c(-c3ccc(O)cc3)sc3cc(O[I-]C(=O)c4ccccc4)ccc23)ccc1CN1CCCC1. The number of halogens is 1. The molecule has 6 rings (SSSR count). The van der Waals surface area contributed by atoms with Gasteiger partial charge in [0.2, 0.25) is 0 Å². The van der Waals surface area contributed by atoms with Gasteiger partial charge in [-0.25, -0.2) is 0 Å². The molecule has 0 bridgehead atoms. The van der Waals surface area contributed by atoms with Gasteiger partial charge in [-0.15, -0.1) is 0 Å². The van der Waals surface area contributed by atoms with E-state index in [2.05, 4.69) is 17.9 Å². The zero-order valence-corrected chi connectivity index (χ0v) is 25.6.